The summed E-state index contributed by atoms with van der Waals surface area (Å²) in [5.41, 5.74) is 0. The molecular weight excluding hydrogens is 147 g/mol. The van der Waals surface area contributed by atoms with Crippen LogP contribution in [0.1, 0.15) is 0 Å². The van der Waals surface area contributed by atoms with Gasteiger partial charge in [0.1, 0.15) is 5.82 Å². The van der Waals surface area contributed by atoms with Gasteiger partial charge >= 0.3 is 0 Å². The first-order valence-electron chi connectivity index (χ1n) is 3.13. The fourth-order valence-electron chi connectivity index (χ4n) is 0.814. The van der Waals surface area contributed by atoms with Crippen molar-refractivity contribution in [3.8, 4) is 0 Å². The molecule has 2 heteroatoms. The van der Waals surface area contributed by atoms with E-state index in [0.29, 0.717) is 0 Å². The van der Waals surface area contributed by atoms with Gasteiger partial charge in [-0.2, -0.15) is 0 Å². The highest BCUT2D eigenvalue weighted by Gasteiger charge is 1.99. The zero-order chi connectivity index (χ0) is 7.56. The van der Waals surface area contributed by atoms with E-state index in [2.05, 4.69) is 0 Å². The van der Waals surface area contributed by atoms with Gasteiger partial charge in [0.15, 0.2) is 0 Å². The summed E-state index contributed by atoms with van der Waals surface area (Å²) in [4.78, 5) is 0.859. The second-order valence-corrected chi connectivity index (χ2v) is 4.62. The summed E-state index contributed by atoms with van der Waals surface area (Å²) in [7, 11) is -0.291. The van der Waals surface area contributed by atoms with Crippen LogP contribution in [0.5, 0.6) is 0 Å². The summed E-state index contributed by atoms with van der Waals surface area (Å²) in [5, 5.41) is 0. The molecule has 0 aliphatic rings. The van der Waals surface area contributed by atoms with Crippen LogP contribution in [0.4, 0.5) is 4.39 Å². The molecule has 1 rings (SSSR count). The molecule has 0 radical (unpaired) electrons. The van der Waals surface area contributed by atoms with Gasteiger partial charge in [-0.05, 0) is 24.6 Å². The lowest BCUT2D eigenvalue weighted by Gasteiger charge is -2.09. The van der Waals surface area contributed by atoms with E-state index in [9.17, 15) is 4.39 Å². The Balaban J connectivity index is 3.03. The highest BCUT2D eigenvalue weighted by Crippen LogP contribution is 2.29. The fourth-order valence-corrected chi connectivity index (χ4v) is 1.70. The van der Waals surface area contributed by atoms with Crippen molar-refractivity contribution in [1.82, 2.24) is 0 Å². The molecule has 0 saturated carbocycles. The quantitative estimate of drug-likeness (QED) is 0.596. The Morgan fingerprint density at radius 2 is 1.80 bits per heavy atom. The minimum atomic E-state index is -0.291. The molecule has 0 bridgehead atoms. The van der Waals surface area contributed by atoms with Gasteiger partial charge in [0.25, 0.3) is 0 Å². The lowest BCUT2D eigenvalue weighted by molar-refractivity contribution is 0.601. The molecule has 10 heavy (non-hydrogen) atoms. The average molecular weight is 158 g/mol. The molecule has 0 aromatic heterocycles. The highest BCUT2D eigenvalue weighted by molar-refractivity contribution is 8.15. The molecule has 1 aromatic rings. The van der Waals surface area contributed by atoms with Crippen LogP contribution in [0, 0.1) is 5.82 Å². The Hall–Kier alpha value is -0.500. The normalized spacial score (nSPS) is 11.3. The SMILES string of the molecule is C[SH](C)c1ccccc1F. The summed E-state index contributed by atoms with van der Waals surface area (Å²) in [5.74, 6) is -0.0707. The van der Waals surface area contributed by atoms with E-state index < -0.39 is 0 Å². The van der Waals surface area contributed by atoms with Crippen LogP contribution >= 0.6 is 10.9 Å². The van der Waals surface area contributed by atoms with Crippen LogP contribution in [0.25, 0.3) is 0 Å². The van der Waals surface area contributed by atoms with Crippen molar-refractivity contribution < 1.29 is 4.39 Å². The van der Waals surface area contributed by atoms with Gasteiger partial charge in [-0.25, -0.2) is 15.3 Å². The molecule has 0 saturated heterocycles. The third-order valence-electron chi connectivity index (χ3n) is 1.33. The molecule has 0 fully saturated rings. The zero-order valence-corrected chi connectivity index (χ0v) is 7.03. The molecule has 0 aliphatic heterocycles. The number of rotatable bonds is 1. The molecule has 0 heterocycles. The number of benzene rings is 1. The van der Waals surface area contributed by atoms with Crippen LogP contribution in [0.15, 0.2) is 29.2 Å². The van der Waals surface area contributed by atoms with Crippen LogP contribution in [0.3, 0.4) is 0 Å². The second kappa shape index (κ2) is 3.06. The predicted molar refractivity (Wildman–Crippen MR) is 45.5 cm³/mol. The Bertz CT molecular complexity index is 220. The Morgan fingerprint density at radius 3 is 2.20 bits per heavy atom. The molecule has 0 unspecified atom stereocenters. The van der Waals surface area contributed by atoms with Crippen LogP contribution in [-0.2, 0) is 0 Å². The molecule has 1 aromatic carbocycles. The van der Waals surface area contributed by atoms with Gasteiger partial charge in [-0.15, -0.1) is 0 Å². The predicted octanol–water partition coefficient (Wildman–Crippen LogP) is 2.45. The van der Waals surface area contributed by atoms with Crippen molar-refractivity contribution in [2.75, 3.05) is 12.5 Å². The van der Waals surface area contributed by atoms with E-state index in [-0.39, 0.29) is 16.7 Å². The maximum atomic E-state index is 12.9. The van der Waals surface area contributed by atoms with Gasteiger partial charge in [-0.1, -0.05) is 12.1 Å². The number of hydrogen-bond acceptors (Lipinski definition) is 0. The fraction of sp³-hybridized carbons (Fsp3) is 0.250. The molecule has 0 atom stereocenters. The molecule has 0 N–H and O–H groups in total. The first kappa shape index (κ1) is 7.61. The number of thiol groups is 1. The third-order valence-corrected chi connectivity index (χ3v) is 2.66. The van der Waals surface area contributed by atoms with E-state index >= 15 is 0 Å². The molecule has 56 valence electrons. The summed E-state index contributed by atoms with van der Waals surface area (Å²) in [6.07, 6.45) is 4.10. The highest BCUT2D eigenvalue weighted by atomic mass is 32.2. The summed E-state index contributed by atoms with van der Waals surface area (Å²) in [6, 6.07) is 6.96. The van der Waals surface area contributed by atoms with Crippen LogP contribution < -0.4 is 0 Å². The maximum Gasteiger partial charge on any atom is 0.135 e. The van der Waals surface area contributed by atoms with E-state index in [1.165, 1.54) is 6.07 Å². The Morgan fingerprint density at radius 1 is 1.20 bits per heavy atom. The van der Waals surface area contributed by atoms with Crippen LogP contribution in [-0.4, -0.2) is 12.5 Å². The van der Waals surface area contributed by atoms with Crippen molar-refractivity contribution in [3.63, 3.8) is 0 Å². The Labute approximate surface area is 63.4 Å². The van der Waals surface area contributed by atoms with Crippen molar-refractivity contribution in [2.24, 2.45) is 0 Å². The Kier molecular flexibility index (Phi) is 2.33. The lowest BCUT2D eigenvalue weighted by atomic mass is 10.3. The van der Waals surface area contributed by atoms with Gasteiger partial charge in [0.2, 0.25) is 0 Å². The summed E-state index contributed by atoms with van der Waals surface area (Å²) >= 11 is 0. The lowest BCUT2D eigenvalue weighted by Crippen LogP contribution is -1.82. The van der Waals surface area contributed by atoms with Gasteiger partial charge < -0.3 is 0 Å². The molecule has 0 spiro atoms. The molecule has 0 nitrogen and oxygen atoms in total. The topological polar surface area (TPSA) is 0 Å². The van der Waals surface area contributed by atoms with Gasteiger partial charge in [0, 0.05) is 4.90 Å². The summed E-state index contributed by atoms with van der Waals surface area (Å²) in [6.45, 7) is 0. The molecule has 0 amide bonds. The van der Waals surface area contributed by atoms with E-state index in [0.717, 1.165) is 4.90 Å². The largest absolute Gasteiger partial charge is 0.230 e. The number of halogens is 1. The average Bonchev–Trinajstić information content (AvgIpc) is 1.88. The first-order valence-corrected chi connectivity index (χ1v) is 5.37. The van der Waals surface area contributed by atoms with Crippen molar-refractivity contribution in [1.29, 1.82) is 0 Å². The first-order chi connectivity index (χ1) is 4.72. The van der Waals surface area contributed by atoms with E-state index in [4.69, 9.17) is 0 Å². The van der Waals surface area contributed by atoms with Gasteiger partial charge in [-0.3, -0.25) is 0 Å². The van der Waals surface area contributed by atoms with Crippen molar-refractivity contribution in [2.45, 2.75) is 4.90 Å². The molecular formula is C8H11FS. The maximum absolute atomic E-state index is 12.9. The summed E-state index contributed by atoms with van der Waals surface area (Å²) < 4.78 is 12.9. The smallest absolute Gasteiger partial charge is 0.135 e. The van der Waals surface area contributed by atoms with Crippen molar-refractivity contribution >= 4 is 10.9 Å². The number of hydrogen-bond donors (Lipinski definition) is 1. The van der Waals surface area contributed by atoms with E-state index in [1.807, 2.05) is 24.6 Å². The monoisotopic (exact) mass is 158 g/mol. The minimum Gasteiger partial charge on any atom is -0.230 e. The van der Waals surface area contributed by atoms with E-state index in [1.54, 1.807) is 6.07 Å². The van der Waals surface area contributed by atoms with Gasteiger partial charge in [0.05, 0.1) is 0 Å². The third kappa shape index (κ3) is 1.51. The standard InChI is InChI=1S/C8H11FS/c1-10(2)8-6-4-3-5-7(8)9/h3-6,10H,1-2H3. The van der Waals surface area contributed by atoms with Crippen LogP contribution in [0.2, 0.25) is 0 Å². The molecule has 0 aliphatic carbocycles. The van der Waals surface area contributed by atoms with Crippen molar-refractivity contribution in [3.05, 3.63) is 30.1 Å². The second-order valence-electron chi connectivity index (χ2n) is 2.35. The zero-order valence-electron chi connectivity index (χ0n) is 6.13. The minimum absolute atomic E-state index is 0.0707.